The van der Waals surface area contributed by atoms with Gasteiger partial charge in [-0.05, 0) is 6.42 Å². The molecular weight excluding hydrogens is 238 g/mol. The first kappa shape index (κ1) is 13.1. The fraction of sp³-hybridized carbons (Fsp3) is 0.909. The number of aliphatic hydroxyl groups excluding tert-OH is 1. The van der Waals surface area contributed by atoms with E-state index in [1.807, 2.05) is 11.8 Å². The van der Waals surface area contributed by atoms with E-state index in [0.717, 1.165) is 19.6 Å². The van der Waals surface area contributed by atoms with E-state index in [1.165, 1.54) is 11.5 Å². The highest BCUT2D eigenvalue weighted by atomic mass is 32.2. The van der Waals surface area contributed by atoms with Crippen LogP contribution in [0.2, 0.25) is 0 Å². The van der Waals surface area contributed by atoms with Crippen LogP contribution in [0.15, 0.2) is 0 Å². The summed E-state index contributed by atoms with van der Waals surface area (Å²) in [5.74, 6) is 2.42. The van der Waals surface area contributed by atoms with Crippen molar-refractivity contribution in [2.45, 2.75) is 18.6 Å². The van der Waals surface area contributed by atoms with Crippen LogP contribution in [0.25, 0.3) is 0 Å². The molecule has 2 rings (SSSR count). The van der Waals surface area contributed by atoms with Gasteiger partial charge < -0.3 is 15.7 Å². The van der Waals surface area contributed by atoms with E-state index in [0.29, 0.717) is 19.5 Å². The maximum absolute atomic E-state index is 11.7. The van der Waals surface area contributed by atoms with Crippen LogP contribution in [0.3, 0.4) is 0 Å². The van der Waals surface area contributed by atoms with Crippen molar-refractivity contribution in [1.29, 1.82) is 0 Å². The molecule has 0 aromatic rings. The second kappa shape index (κ2) is 6.58. The van der Waals surface area contributed by atoms with Gasteiger partial charge in [0, 0.05) is 44.2 Å². The molecule has 1 amide bonds. The van der Waals surface area contributed by atoms with Crippen LogP contribution in [0.5, 0.6) is 0 Å². The van der Waals surface area contributed by atoms with Crippen molar-refractivity contribution in [1.82, 2.24) is 15.5 Å². The molecule has 0 aromatic carbocycles. The Morgan fingerprint density at radius 2 is 2.24 bits per heavy atom. The smallest absolute Gasteiger partial charge is 0.237 e. The third-order valence-corrected chi connectivity index (χ3v) is 4.20. The summed E-state index contributed by atoms with van der Waals surface area (Å²) in [4.78, 5) is 14.1. The first-order valence-electron chi connectivity index (χ1n) is 6.25. The third kappa shape index (κ3) is 4.13. The lowest BCUT2D eigenvalue weighted by atomic mass is 10.2. The number of carbonyl (C=O) groups excluding carboxylic acids is 1. The molecule has 2 aliphatic rings. The molecule has 0 saturated carbocycles. The summed E-state index contributed by atoms with van der Waals surface area (Å²) in [6.45, 7) is 4.42. The van der Waals surface area contributed by atoms with Crippen LogP contribution < -0.4 is 10.6 Å². The van der Waals surface area contributed by atoms with E-state index in [1.54, 1.807) is 0 Å². The minimum atomic E-state index is -0.370. The first-order valence-corrected chi connectivity index (χ1v) is 7.40. The Balaban J connectivity index is 1.59. The lowest BCUT2D eigenvalue weighted by Gasteiger charge is -2.26. The molecule has 98 valence electrons. The number of hydrogen-bond acceptors (Lipinski definition) is 5. The molecule has 0 bridgehead atoms. The molecule has 2 atom stereocenters. The molecule has 2 saturated heterocycles. The average molecular weight is 259 g/mol. The maximum atomic E-state index is 11.7. The lowest BCUT2D eigenvalue weighted by Crippen LogP contribution is -2.44. The molecule has 5 nitrogen and oxygen atoms in total. The van der Waals surface area contributed by atoms with Crippen LogP contribution in [0.1, 0.15) is 6.42 Å². The minimum Gasteiger partial charge on any atom is -0.392 e. The topological polar surface area (TPSA) is 64.6 Å². The normalized spacial score (nSPS) is 30.4. The van der Waals surface area contributed by atoms with E-state index in [4.69, 9.17) is 0 Å². The highest BCUT2D eigenvalue weighted by molar-refractivity contribution is 7.99. The number of nitrogens with one attached hydrogen (secondary N) is 2. The summed E-state index contributed by atoms with van der Waals surface area (Å²) in [6, 6.07) is -0.207. The van der Waals surface area contributed by atoms with Crippen LogP contribution in [-0.2, 0) is 4.79 Å². The number of amides is 1. The van der Waals surface area contributed by atoms with Crippen molar-refractivity contribution in [2.24, 2.45) is 0 Å². The largest absolute Gasteiger partial charge is 0.392 e. The predicted molar refractivity (Wildman–Crippen MR) is 69.2 cm³/mol. The Kier molecular flexibility index (Phi) is 5.09. The Bertz CT molecular complexity index is 259. The second-order valence-electron chi connectivity index (χ2n) is 4.60. The Morgan fingerprint density at radius 1 is 1.47 bits per heavy atom. The van der Waals surface area contributed by atoms with Gasteiger partial charge in [0.15, 0.2) is 0 Å². The van der Waals surface area contributed by atoms with Gasteiger partial charge in [-0.25, -0.2) is 0 Å². The molecule has 2 unspecified atom stereocenters. The summed E-state index contributed by atoms with van der Waals surface area (Å²) >= 11 is 1.99. The number of aliphatic hydroxyl groups is 1. The third-order valence-electron chi connectivity index (χ3n) is 3.26. The fourth-order valence-electron chi connectivity index (χ4n) is 2.20. The lowest BCUT2D eigenvalue weighted by molar-refractivity contribution is -0.123. The summed E-state index contributed by atoms with van der Waals surface area (Å²) in [5, 5.41) is 15.3. The van der Waals surface area contributed by atoms with Gasteiger partial charge in [0.05, 0.1) is 12.1 Å². The highest BCUT2D eigenvalue weighted by Crippen LogP contribution is 2.08. The van der Waals surface area contributed by atoms with E-state index in [9.17, 15) is 9.90 Å². The van der Waals surface area contributed by atoms with Crippen LogP contribution in [0.4, 0.5) is 0 Å². The summed E-state index contributed by atoms with van der Waals surface area (Å²) < 4.78 is 0. The molecule has 0 aliphatic carbocycles. The molecule has 0 aromatic heterocycles. The molecule has 6 heteroatoms. The van der Waals surface area contributed by atoms with E-state index in [2.05, 4.69) is 15.5 Å². The van der Waals surface area contributed by atoms with Gasteiger partial charge in [-0.1, -0.05) is 0 Å². The molecule has 2 heterocycles. The number of thioether (sulfide) groups is 1. The zero-order valence-electron chi connectivity index (χ0n) is 10.0. The summed E-state index contributed by atoms with van der Waals surface area (Å²) in [7, 11) is 0. The van der Waals surface area contributed by atoms with Crippen LogP contribution >= 0.6 is 11.8 Å². The summed E-state index contributed by atoms with van der Waals surface area (Å²) in [5.41, 5.74) is 0. The zero-order chi connectivity index (χ0) is 12.1. The van der Waals surface area contributed by atoms with Crippen LogP contribution in [-0.4, -0.2) is 72.3 Å². The second-order valence-corrected chi connectivity index (χ2v) is 5.82. The van der Waals surface area contributed by atoms with Gasteiger partial charge in [-0.3, -0.25) is 9.69 Å². The van der Waals surface area contributed by atoms with Crippen molar-refractivity contribution in [3.8, 4) is 0 Å². The molecule has 2 fully saturated rings. The van der Waals surface area contributed by atoms with E-state index < -0.39 is 0 Å². The highest BCUT2D eigenvalue weighted by Gasteiger charge is 2.27. The molecule has 2 aliphatic heterocycles. The minimum absolute atomic E-state index is 0.0212. The maximum Gasteiger partial charge on any atom is 0.237 e. The van der Waals surface area contributed by atoms with Crippen molar-refractivity contribution in [3.05, 3.63) is 0 Å². The SMILES string of the molecule is O=C(NCCN1CCSCC1)C1CC(O)CN1. The Morgan fingerprint density at radius 3 is 2.88 bits per heavy atom. The quantitative estimate of drug-likeness (QED) is 0.596. The fourth-order valence-corrected chi connectivity index (χ4v) is 3.18. The molecular formula is C11H21N3O2S. The van der Waals surface area contributed by atoms with Gasteiger partial charge in [-0.15, -0.1) is 0 Å². The molecule has 0 spiro atoms. The predicted octanol–water partition coefficient (Wildman–Crippen LogP) is -1.13. The van der Waals surface area contributed by atoms with Gasteiger partial charge in [0.25, 0.3) is 0 Å². The Hall–Kier alpha value is -0.300. The van der Waals surface area contributed by atoms with Gasteiger partial charge >= 0.3 is 0 Å². The number of rotatable bonds is 4. The zero-order valence-corrected chi connectivity index (χ0v) is 10.8. The van der Waals surface area contributed by atoms with Crippen molar-refractivity contribution >= 4 is 17.7 Å². The first-order chi connectivity index (χ1) is 8.25. The summed E-state index contributed by atoms with van der Waals surface area (Å²) in [6.07, 6.45) is 0.163. The number of nitrogens with zero attached hydrogens (tertiary/aromatic N) is 1. The van der Waals surface area contributed by atoms with Gasteiger partial charge in [0.2, 0.25) is 5.91 Å². The molecule has 17 heavy (non-hydrogen) atoms. The van der Waals surface area contributed by atoms with Crippen molar-refractivity contribution < 1.29 is 9.90 Å². The van der Waals surface area contributed by atoms with Crippen molar-refractivity contribution in [3.63, 3.8) is 0 Å². The van der Waals surface area contributed by atoms with E-state index in [-0.39, 0.29) is 18.1 Å². The molecule has 3 N–H and O–H groups in total. The van der Waals surface area contributed by atoms with E-state index >= 15 is 0 Å². The van der Waals surface area contributed by atoms with Crippen LogP contribution in [0, 0.1) is 0 Å². The van der Waals surface area contributed by atoms with Gasteiger partial charge in [-0.2, -0.15) is 11.8 Å². The number of carbonyl (C=O) groups is 1. The molecule has 0 radical (unpaired) electrons. The average Bonchev–Trinajstić information content (AvgIpc) is 2.77. The number of β-amino-alcohol motifs (C(OH)–C–C–N with tert-alkyl or cyclic N) is 1. The van der Waals surface area contributed by atoms with Gasteiger partial charge in [0.1, 0.15) is 0 Å². The monoisotopic (exact) mass is 259 g/mol. The van der Waals surface area contributed by atoms with Crippen molar-refractivity contribution in [2.75, 3.05) is 44.2 Å². The standard InChI is InChI=1S/C11H21N3O2S/c15-9-7-10(13-8-9)11(16)12-1-2-14-3-5-17-6-4-14/h9-10,13,15H,1-8H2,(H,12,16). The number of hydrogen-bond donors (Lipinski definition) is 3. The Labute approximate surface area is 106 Å².